The fraction of sp³-hybridized carbons (Fsp3) is 0.571. The highest BCUT2D eigenvalue weighted by molar-refractivity contribution is 5.55. The molecule has 0 amide bonds. The number of nitrogens with zero attached hydrogens (tertiary/aromatic N) is 2. The molecular weight excluding hydrogens is 331 g/mol. The van der Waals surface area contributed by atoms with E-state index in [1.807, 2.05) is 4.90 Å². The molecule has 1 fully saturated rings. The van der Waals surface area contributed by atoms with Crippen LogP contribution < -0.4 is 5.32 Å². The Hall–Kier alpha value is -1.91. The average molecular weight is 349 g/mol. The van der Waals surface area contributed by atoms with Gasteiger partial charge in [-0.05, 0) is 12.1 Å². The third-order valence-corrected chi connectivity index (χ3v) is 3.61. The van der Waals surface area contributed by atoms with Gasteiger partial charge in [-0.3, -0.25) is 15.0 Å². The molecule has 0 radical (unpaired) electrons. The van der Waals surface area contributed by atoms with E-state index in [1.54, 1.807) is 0 Å². The summed E-state index contributed by atoms with van der Waals surface area (Å²) in [7, 11) is 0. The molecule has 1 aromatic carbocycles. The number of ether oxygens (including phenoxy) is 1. The van der Waals surface area contributed by atoms with Crippen LogP contribution in [-0.4, -0.2) is 60.4 Å². The fourth-order valence-electron chi connectivity index (χ4n) is 2.41. The summed E-state index contributed by atoms with van der Waals surface area (Å²) >= 11 is 0. The van der Waals surface area contributed by atoms with Gasteiger partial charge in [0.1, 0.15) is 5.56 Å². The van der Waals surface area contributed by atoms with Crippen LogP contribution in [0.2, 0.25) is 0 Å². The van der Waals surface area contributed by atoms with Crippen LogP contribution in [0.5, 0.6) is 0 Å². The summed E-state index contributed by atoms with van der Waals surface area (Å²) in [5.41, 5.74) is -2.25. The summed E-state index contributed by atoms with van der Waals surface area (Å²) in [6.45, 7) is 2.94. The third kappa shape index (κ3) is 5.05. The van der Waals surface area contributed by atoms with E-state index in [2.05, 4.69) is 5.32 Å². The minimum atomic E-state index is -4.83. The summed E-state index contributed by atoms with van der Waals surface area (Å²) in [5.74, 6) is 0. The number of aliphatic hydroxyl groups excluding tert-OH is 1. The second kappa shape index (κ2) is 7.77. The Morgan fingerprint density at radius 1 is 1.38 bits per heavy atom. The van der Waals surface area contributed by atoms with Gasteiger partial charge in [0.2, 0.25) is 0 Å². The largest absolute Gasteiger partial charge is 0.423 e. The molecule has 0 saturated carbocycles. The maximum absolute atomic E-state index is 12.9. The molecule has 134 valence electrons. The molecule has 24 heavy (non-hydrogen) atoms. The molecule has 10 heteroatoms. The Labute approximate surface area is 136 Å². The number of β-amino-alcohol motifs (C(OH)–C–C–N with tert-alkyl or cyclic N) is 1. The zero-order chi connectivity index (χ0) is 17.7. The van der Waals surface area contributed by atoms with Gasteiger partial charge in [0.25, 0.3) is 5.69 Å². The number of alkyl halides is 3. The van der Waals surface area contributed by atoms with Crippen LogP contribution >= 0.6 is 0 Å². The number of hydrogen-bond donors (Lipinski definition) is 2. The Morgan fingerprint density at radius 3 is 2.62 bits per heavy atom. The van der Waals surface area contributed by atoms with Crippen LogP contribution in [0.1, 0.15) is 5.56 Å². The van der Waals surface area contributed by atoms with Gasteiger partial charge in [-0.1, -0.05) is 0 Å². The molecular formula is C14H18F3N3O4. The summed E-state index contributed by atoms with van der Waals surface area (Å²) in [5, 5.41) is 23.3. The molecule has 7 nitrogen and oxygen atoms in total. The van der Waals surface area contributed by atoms with E-state index in [-0.39, 0.29) is 12.2 Å². The Balaban J connectivity index is 1.98. The summed E-state index contributed by atoms with van der Waals surface area (Å²) < 4.78 is 43.9. The van der Waals surface area contributed by atoms with Crippen molar-refractivity contribution in [1.29, 1.82) is 0 Å². The molecule has 0 spiro atoms. The zero-order valence-corrected chi connectivity index (χ0v) is 12.8. The number of aliphatic hydroxyl groups is 1. The lowest BCUT2D eigenvalue weighted by Crippen LogP contribution is -2.42. The number of anilines is 1. The molecule has 0 bridgehead atoms. The van der Waals surface area contributed by atoms with E-state index in [0.29, 0.717) is 38.9 Å². The van der Waals surface area contributed by atoms with Crippen LogP contribution in [0.3, 0.4) is 0 Å². The number of nitro groups is 1. The van der Waals surface area contributed by atoms with Crippen LogP contribution in [0.15, 0.2) is 18.2 Å². The summed E-state index contributed by atoms with van der Waals surface area (Å²) in [4.78, 5) is 11.6. The van der Waals surface area contributed by atoms with Crippen molar-refractivity contribution in [2.24, 2.45) is 0 Å². The van der Waals surface area contributed by atoms with Gasteiger partial charge in [-0.15, -0.1) is 0 Å². The van der Waals surface area contributed by atoms with E-state index in [9.17, 15) is 28.4 Å². The highest BCUT2D eigenvalue weighted by Gasteiger charge is 2.38. The molecule has 2 N–H and O–H groups in total. The van der Waals surface area contributed by atoms with E-state index < -0.39 is 28.5 Å². The molecule has 1 unspecified atom stereocenters. The average Bonchev–Trinajstić information content (AvgIpc) is 2.52. The molecule has 1 heterocycles. The molecule has 1 aromatic rings. The van der Waals surface area contributed by atoms with Gasteiger partial charge in [0, 0.05) is 37.9 Å². The van der Waals surface area contributed by atoms with Gasteiger partial charge in [0.15, 0.2) is 0 Å². The molecule has 2 rings (SSSR count). The van der Waals surface area contributed by atoms with Crippen molar-refractivity contribution in [3.8, 4) is 0 Å². The minimum Gasteiger partial charge on any atom is -0.390 e. The number of morpholine rings is 1. The first-order valence-electron chi connectivity index (χ1n) is 7.35. The van der Waals surface area contributed by atoms with E-state index in [1.165, 1.54) is 6.07 Å². The van der Waals surface area contributed by atoms with E-state index >= 15 is 0 Å². The van der Waals surface area contributed by atoms with E-state index in [4.69, 9.17) is 4.74 Å². The van der Waals surface area contributed by atoms with Crippen LogP contribution in [0.4, 0.5) is 24.5 Å². The minimum absolute atomic E-state index is 0.0342. The number of nitrogens with one attached hydrogen (secondary N) is 1. The molecule has 1 saturated heterocycles. The maximum Gasteiger partial charge on any atom is 0.423 e. The van der Waals surface area contributed by atoms with Gasteiger partial charge in [-0.2, -0.15) is 13.2 Å². The lowest BCUT2D eigenvalue weighted by atomic mass is 10.1. The quantitative estimate of drug-likeness (QED) is 0.601. The predicted molar refractivity (Wildman–Crippen MR) is 79.9 cm³/mol. The van der Waals surface area contributed by atoms with Crippen LogP contribution in [0.25, 0.3) is 0 Å². The van der Waals surface area contributed by atoms with Crippen molar-refractivity contribution in [3.05, 3.63) is 33.9 Å². The highest BCUT2D eigenvalue weighted by Crippen LogP contribution is 2.37. The smallest absolute Gasteiger partial charge is 0.390 e. The second-order valence-corrected chi connectivity index (χ2v) is 5.43. The molecule has 0 aromatic heterocycles. The van der Waals surface area contributed by atoms with Crippen molar-refractivity contribution < 1.29 is 27.9 Å². The number of hydrogen-bond acceptors (Lipinski definition) is 6. The zero-order valence-electron chi connectivity index (χ0n) is 12.8. The second-order valence-electron chi connectivity index (χ2n) is 5.43. The first-order valence-corrected chi connectivity index (χ1v) is 7.35. The normalized spacial score (nSPS) is 17.5. The monoisotopic (exact) mass is 349 g/mol. The number of nitro benzene ring substituents is 1. The topological polar surface area (TPSA) is 87.9 Å². The van der Waals surface area contributed by atoms with Crippen molar-refractivity contribution in [1.82, 2.24) is 4.90 Å². The van der Waals surface area contributed by atoms with Gasteiger partial charge in [-0.25, -0.2) is 0 Å². The maximum atomic E-state index is 12.9. The van der Waals surface area contributed by atoms with Crippen molar-refractivity contribution in [2.45, 2.75) is 12.3 Å². The lowest BCUT2D eigenvalue weighted by molar-refractivity contribution is -0.388. The van der Waals surface area contributed by atoms with Gasteiger partial charge in [0.05, 0.1) is 24.2 Å². The van der Waals surface area contributed by atoms with E-state index in [0.717, 1.165) is 6.07 Å². The standard InChI is InChI=1S/C14H18F3N3O4/c15-14(16,17)12-7-10(1-2-13(12)20(22)23)18-8-11(21)9-19-3-5-24-6-4-19/h1-2,7,11,18,21H,3-6,8-9H2. The highest BCUT2D eigenvalue weighted by atomic mass is 19.4. The number of halogens is 3. The third-order valence-electron chi connectivity index (χ3n) is 3.61. The summed E-state index contributed by atoms with van der Waals surface area (Å²) in [6, 6.07) is 2.67. The Kier molecular flexibility index (Phi) is 5.97. The van der Waals surface area contributed by atoms with Crippen LogP contribution in [-0.2, 0) is 10.9 Å². The van der Waals surface area contributed by atoms with Crippen molar-refractivity contribution in [3.63, 3.8) is 0 Å². The molecule has 1 atom stereocenters. The lowest BCUT2D eigenvalue weighted by Gasteiger charge is -2.28. The number of benzene rings is 1. The fourth-order valence-corrected chi connectivity index (χ4v) is 2.41. The van der Waals surface area contributed by atoms with Gasteiger partial charge >= 0.3 is 6.18 Å². The van der Waals surface area contributed by atoms with Crippen molar-refractivity contribution in [2.75, 3.05) is 44.7 Å². The predicted octanol–water partition coefficient (Wildman–Crippen LogP) is 1.72. The first kappa shape index (κ1) is 18.4. The SMILES string of the molecule is O=[N+]([O-])c1ccc(NCC(O)CN2CCOCC2)cc1C(F)(F)F. The first-order chi connectivity index (χ1) is 11.3. The summed E-state index contributed by atoms with van der Waals surface area (Å²) in [6.07, 6.45) is -5.61. The van der Waals surface area contributed by atoms with Gasteiger partial charge < -0.3 is 15.2 Å². The van der Waals surface area contributed by atoms with Crippen molar-refractivity contribution >= 4 is 11.4 Å². The molecule has 1 aliphatic rings. The van der Waals surface area contributed by atoms with Crippen LogP contribution in [0, 0.1) is 10.1 Å². The Morgan fingerprint density at radius 2 is 2.04 bits per heavy atom. The molecule has 0 aliphatic carbocycles. The molecule has 1 aliphatic heterocycles. The number of rotatable bonds is 6. The Bertz CT molecular complexity index is 577.